The molecule has 2 aromatic carbocycles. The van der Waals surface area contributed by atoms with E-state index in [4.69, 9.17) is 21.1 Å². The summed E-state index contributed by atoms with van der Waals surface area (Å²) in [5.74, 6) is 7.28. The lowest BCUT2D eigenvalue weighted by Gasteiger charge is -2.17. The van der Waals surface area contributed by atoms with Crippen molar-refractivity contribution in [1.82, 2.24) is 20.2 Å². The van der Waals surface area contributed by atoms with E-state index in [-0.39, 0.29) is 30.7 Å². The molecule has 2 aromatic heterocycles. The molecule has 206 valence electrons. The SMILES string of the molecule is CCN(C)C(=O)OC1CNC(C#Cc2cc3ncnc(Nc4ccc(OCc5cccc(F)c5)c(Cl)c4)c3s2)C1. The molecule has 2 unspecified atom stereocenters. The fourth-order valence-electron chi connectivity index (χ4n) is 4.05. The number of ether oxygens (including phenoxy) is 2. The zero-order valence-corrected chi connectivity index (χ0v) is 23.5. The lowest BCUT2D eigenvalue weighted by Crippen LogP contribution is -2.31. The number of anilines is 2. The van der Waals surface area contributed by atoms with E-state index in [1.165, 1.54) is 34.7 Å². The number of fused-ring (bicyclic) bond motifs is 1. The standard InChI is InChI=1S/C29H27ClFN5O3S/c1-3-36(2)29(37)39-22-12-20(32-15-22)7-9-23-14-25-27(40-23)28(34-17-33-25)35-21-8-10-26(24(30)13-21)38-16-18-5-4-6-19(31)11-18/h4-6,8,10-11,13-14,17,20,22,32H,3,12,15-16H2,1-2H3,(H,33,34,35). The Kier molecular flexibility index (Phi) is 8.65. The van der Waals surface area contributed by atoms with Gasteiger partial charge in [0.05, 0.1) is 26.2 Å². The van der Waals surface area contributed by atoms with Crippen molar-refractivity contribution in [3.05, 3.63) is 76.1 Å². The monoisotopic (exact) mass is 579 g/mol. The molecule has 1 saturated heterocycles. The molecule has 1 amide bonds. The van der Waals surface area contributed by atoms with Crippen LogP contribution in [0.25, 0.3) is 10.2 Å². The molecular formula is C29H27ClFN5O3S. The Labute approximate surface area is 240 Å². The van der Waals surface area contributed by atoms with Crippen molar-refractivity contribution in [3.8, 4) is 17.6 Å². The lowest BCUT2D eigenvalue weighted by atomic mass is 10.2. The highest BCUT2D eigenvalue weighted by atomic mass is 35.5. The molecule has 11 heteroatoms. The predicted octanol–water partition coefficient (Wildman–Crippen LogP) is 5.98. The summed E-state index contributed by atoms with van der Waals surface area (Å²) in [5.41, 5.74) is 2.22. The highest BCUT2D eigenvalue weighted by Crippen LogP contribution is 2.33. The van der Waals surface area contributed by atoms with Crippen LogP contribution in [0.2, 0.25) is 5.02 Å². The average molecular weight is 580 g/mol. The maximum absolute atomic E-state index is 13.4. The second-order valence-corrected chi connectivity index (χ2v) is 10.7. The van der Waals surface area contributed by atoms with Crippen LogP contribution in [0.15, 0.2) is 54.9 Å². The zero-order valence-electron chi connectivity index (χ0n) is 21.9. The van der Waals surface area contributed by atoms with Crippen LogP contribution in [0.4, 0.5) is 20.7 Å². The quantitative estimate of drug-likeness (QED) is 0.261. The van der Waals surface area contributed by atoms with Gasteiger partial charge in [0.2, 0.25) is 0 Å². The number of carbonyl (C=O) groups is 1. The Morgan fingerprint density at radius 3 is 2.95 bits per heavy atom. The second kappa shape index (κ2) is 12.5. The van der Waals surface area contributed by atoms with E-state index in [1.54, 1.807) is 31.3 Å². The molecule has 1 aliphatic rings. The smallest absolute Gasteiger partial charge is 0.409 e. The molecule has 0 spiro atoms. The summed E-state index contributed by atoms with van der Waals surface area (Å²) in [6, 6.07) is 13.4. The van der Waals surface area contributed by atoms with E-state index < -0.39 is 0 Å². The molecular weight excluding hydrogens is 553 g/mol. The van der Waals surface area contributed by atoms with E-state index in [9.17, 15) is 9.18 Å². The van der Waals surface area contributed by atoms with Crippen molar-refractivity contribution in [2.75, 3.05) is 25.5 Å². The Morgan fingerprint density at radius 1 is 1.27 bits per heavy atom. The molecule has 0 radical (unpaired) electrons. The van der Waals surface area contributed by atoms with Crippen LogP contribution in [0, 0.1) is 17.7 Å². The topological polar surface area (TPSA) is 88.6 Å². The maximum atomic E-state index is 13.4. The number of thiophene rings is 1. The summed E-state index contributed by atoms with van der Waals surface area (Å²) in [7, 11) is 1.71. The third-order valence-corrected chi connectivity index (χ3v) is 7.64. The molecule has 4 aromatic rings. The van der Waals surface area contributed by atoms with Crippen LogP contribution < -0.4 is 15.4 Å². The second-order valence-electron chi connectivity index (χ2n) is 9.22. The van der Waals surface area contributed by atoms with E-state index in [0.29, 0.717) is 41.7 Å². The molecule has 3 heterocycles. The third kappa shape index (κ3) is 6.80. The van der Waals surface area contributed by atoms with Gasteiger partial charge >= 0.3 is 6.09 Å². The van der Waals surface area contributed by atoms with Crippen molar-refractivity contribution in [2.24, 2.45) is 0 Å². The summed E-state index contributed by atoms with van der Waals surface area (Å²) in [5, 5.41) is 7.02. The Balaban J connectivity index is 1.23. The lowest BCUT2D eigenvalue weighted by molar-refractivity contribution is 0.0780. The van der Waals surface area contributed by atoms with Gasteiger partial charge in [-0.05, 0) is 48.9 Å². The van der Waals surface area contributed by atoms with Crippen molar-refractivity contribution in [1.29, 1.82) is 0 Å². The highest BCUT2D eigenvalue weighted by molar-refractivity contribution is 7.20. The van der Waals surface area contributed by atoms with Gasteiger partial charge in [0.25, 0.3) is 0 Å². The van der Waals surface area contributed by atoms with Crippen molar-refractivity contribution in [3.63, 3.8) is 0 Å². The van der Waals surface area contributed by atoms with Crippen molar-refractivity contribution >= 4 is 50.8 Å². The molecule has 5 rings (SSSR count). The van der Waals surface area contributed by atoms with E-state index >= 15 is 0 Å². The van der Waals surface area contributed by atoms with Gasteiger partial charge in [0.15, 0.2) is 5.82 Å². The number of carbonyl (C=O) groups excluding carboxylic acids is 1. The van der Waals surface area contributed by atoms with Gasteiger partial charge in [-0.25, -0.2) is 19.2 Å². The number of amides is 1. The fraction of sp³-hybridized carbons (Fsp3) is 0.276. The normalized spacial score (nSPS) is 16.3. The van der Waals surface area contributed by atoms with E-state index in [1.807, 2.05) is 19.1 Å². The summed E-state index contributed by atoms with van der Waals surface area (Å²) < 4.78 is 25.6. The number of rotatable bonds is 7. The molecule has 1 aliphatic heterocycles. The summed E-state index contributed by atoms with van der Waals surface area (Å²) in [4.78, 5) is 23.2. The number of benzene rings is 2. The Morgan fingerprint density at radius 2 is 2.15 bits per heavy atom. The van der Waals surface area contributed by atoms with E-state index in [2.05, 4.69) is 32.4 Å². The minimum absolute atomic E-state index is 0.0672. The van der Waals surface area contributed by atoms with Crippen LogP contribution in [0.1, 0.15) is 23.8 Å². The fourth-order valence-corrected chi connectivity index (χ4v) is 5.20. The minimum Gasteiger partial charge on any atom is -0.487 e. The van der Waals surface area contributed by atoms with E-state index in [0.717, 1.165) is 20.8 Å². The maximum Gasteiger partial charge on any atom is 0.409 e. The van der Waals surface area contributed by atoms with Crippen LogP contribution in [0.3, 0.4) is 0 Å². The first-order chi connectivity index (χ1) is 19.4. The van der Waals surface area contributed by atoms with Gasteiger partial charge in [-0.1, -0.05) is 35.6 Å². The number of aromatic nitrogens is 2. The Hall–Kier alpha value is -3.91. The van der Waals surface area contributed by atoms with Crippen LogP contribution in [0.5, 0.6) is 5.75 Å². The van der Waals surface area contributed by atoms with Crippen LogP contribution in [-0.4, -0.2) is 53.2 Å². The number of hydrogen-bond acceptors (Lipinski definition) is 8. The largest absolute Gasteiger partial charge is 0.487 e. The van der Waals surface area contributed by atoms with Crippen molar-refractivity contribution in [2.45, 2.75) is 32.1 Å². The summed E-state index contributed by atoms with van der Waals surface area (Å²) in [6.07, 6.45) is 1.61. The number of hydrogen-bond donors (Lipinski definition) is 2. The van der Waals surface area contributed by atoms with Gasteiger partial charge in [-0.3, -0.25) is 5.32 Å². The highest BCUT2D eigenvalue weighted by Gasteiger charge is 2.26. The first kappa shape index (κ1) is 27.6. The number of halogens is 2. The average Bonchev–Trinajstić information content (AvgIpc) is 3.58. The van der Waals surface area contributed by atoms with Gasteiger partial charge in [0, 0.05) is 32.2 Å². The molecule has 1 fully saturated rings. The number of nitrogens with zero attached hydrogens (tertiary/aromatic N) is 3. The van der Waals surface area contributed by atoms with Crippen molar-refractivity contribution < 1.29 is 18.7 Å². The molecule has 2 N–H and O–H groups in total. The van der Waals surface area contributed by atoms with Gasteiger partial charge < -0.3 is 19.7 Å². The van der Waals surface area contributed by atoms with Gasteiger partial charge in [0.1, 0.15) is 30.6 Å². The predicted molar refractivity (Wildman–Crippen MR) is 155 cm³/mol. The molecule has 40 heavy (non-hydrogen) atoms. The first-order valence-electron chi connectivity index (χ1n) is 12.7. The molecule has 0 saturated carbocycles. The molecule has 0 bridgehead atoms. The van der Waals surface area contributed by atoms with Crippen LogP contribution >= 0.6 is 22.9 Å². The molecule has 8 nitrogen and oxygen atoms in total. The minimum atomic E-state index is -0.321. The summed E-state index contributed by atoms with van der Waals surface area (Å²) in [6.45, 7) is 3.27. The Bertz CT molecular complexity index is 1590. The van der Waals surface area contributed by atoms with Gasteiger partial charge in [-0.2, -0.15) is 0 Å². The zero-order chi connectivity index (χ0) is 28.1. The first-order valence-corrected chi connectivity index (χ1v) is 13.9. The molecule has 0 aliphatic carbocycles. The van der Waals surface area contributed by atoms with Crippen LogP contribution in [-0.2, 0) is 11.3 Å². The van der Waals surface area contributed by atoms with Gasteiger partial charge in [-0.15, -0.1) is 11.3 Å². The summed E-state index contributed by atoms with van der Waals surface area (Å²) >= 11 is 7.95. The molecule has 2 atom stereocenters. The number of nitrogens with one attached hydrogen (secondary N) is 2. The third-order valence-electron chi connectivity index (χ3n) is 6.30.